The van der Waals surface area contributed by atoms with Crippen molar-refractivity contribution < 1.29 is 0 Å². The maximum Gasteiger partial charge on any atom is 0.266 e. The maximum atomic E-state index is 13.2. The first-order valence-corrected chi connectivity index (χ1v) is 10.2. The summed E-state index contributed by atoms with van der Waals surface area (Å²) in [6, 6.07) is 17.0. The Kier molecular flexibility index (Phi) is 4.93. The van der Waals surface area contributed by atoms with Crippen LogP contribution in [0.1, 0.15) is 10.7 Å². The quantitative estimate of drug-likeness (QED) is 0.336. The number of halogens is 2. The van der Waals surface area contributed by atoms with Gasteiger partial charge < -0.3 is 0 Å². The highest BCUT2D eigenvalue weighted by molar-refractivity contribution is 14.1. The molecule has 0 spiro atoms. The minimum absolute atomic E-state index is 0.132. The zero-order valence-corrected chi connectivity index (χ0v) is 17.1. The van der Waals surface area contributed by atoms with Crippen LogP contribution in [0.4, 0.5) is 0 Å². The first-order valence-electron chi connectivity index (χ1n) is 7.82. The van der Waals surface area contributed by atoms with Crippen LogP contribution < -0.4 is 5.56 Å². The lowest BCUT2D eigenvalue weighted by Gasteiger charge is -2.13. The van der Waals surface area contributed by atoms with Crippen molar-refractivity contribution in [3.63, 3.8) is 0 Å². The summed E-state index contributed by atoms with van der Waals surface area (Å²) in [6.07, 6.45) is 3.81. The summed E-state index contributed by atoms with van der Waals surface area (Å²) in [6.45, 7) is 0. The number of nitrogens with zero attached hydrogens (tertiary/aromatic N) is 2. The molecule has 0 unspecified atom stereocenters. The molecule has 2 heterocycles. The molecule has 26 heavy (non-hydrogen) atoms. The summed E-state index contributed by atoms with van der Waals surface area (Å²) in [5.74, 6) is 0.546. The average molecular weight is 491 g/mol. The van der Waals surface area contributed by atoms with Gasteiger partial charge in [0.1, 0.15) is 5.82 Å². The Labute approximate surface area is 172 Å². The van der Waals surface area contributed by atoms with E-state index in [1.54, 1.807) is 22.0 Å². The van der Waals surface area contributed by atoms with Crippen LogP contribution in [0.25, 0.3) is 28.7 Å². The summed E-state index contributed by atoms with van der Waals surface area (Å²) in [4.78, 5) is 19.0. The molecule has 0 bridgehead atoms. The summed E-state index contributed by atoms with van der Waals surface area (Å²) in [5.41, 5.74) is 1.16. The zero-order chi connectivity index (χ0) is 18.1. The monoisotopic (exact) mass is 490 g/mol. The van der Waals surface area contributed by atoms with Crippen molar-refractivity contribution in [2.75, 3.05) is 0 Å². The number of aromatic nitrogens is 2. The number of fused-ring (bicyclic) bond motifs is 1. The molecular weight excluding hydrogens is 479 g/mol. The van der Waals surface area contributed by atoms with Gasteiger partial charge in [0.2, 0.25) is 0 Å². The number of hydrogen-bond acceptors (Lipinski definition) is 3. The second kappa shape index (κ2) is 7.34. The normalized spacial score (nSPS) is 11.5. The highest BCUT2D eigenvalue weighted by atomic mass is 127. The third kappa shape index (κ3) is 3.34. The molecule has 6 heteroatoms. The molecule has 0 saturated heterocycles. The van der Waals surface area contributed by atoms with Gasteiger partial charge in [-0.2, -0.15) is 0 Å². The molecule has 0 amide bonds. The van der Waals surface area contributed by atoms with Gasteiger partial charge in [0.25, 0.3) is 5.56 Å². The fourth-order valence-electron chi connectivity index (χ4n) is 2.70. The molecular formula is C20H12ClIN2OS. The first-order chi connectivity index (χ1) is 12.6. The number of hydrogen-bond donors (Lipinski definition) is 0. The molecule has 0 radical (unpaired) electrons. The maximum absolute atomic E-state index is 13.2. The number of para-hydroxylation sites is 1. The Balaban J connectivity index is 2.02. The molecule has 4 rings (SSSR count). The molecule has 0 atom stereocenters. The molecule has 0 N–H and O–H groups in total. The Morgan fingerprint density at radius 1 is 1.08 bits per heavy atom. The van der Waals surface area contributed by atoms with Gasteiger partial charge in [-0.15, -0.1) is 11.3 Å². The zero-order valence-electron chi connectivity index (χ0n) is 13.4. The van der Waals surface area contributed by atoms with Gasteiger partial charge in [0.05, 0.1) is 21.6 Å². The number of rotatable bonds is 3. The van der Waals surface area contributed by atoms with Crippen LogP contribution in [0.15, 0.2) is 64.8 Å². The van der Waals surface area contributed by atoms with E-state index < -0.39 is 0 Å². The van der Waals surface area contributed by atoms with Crippen molar-refractivity contribution in [1.82, 2.24) is 9.55 Å². The van der Waals surface area contributed by atoms with Crippen molar-refractivity contribution in [3.05, 3.63) is 89.6 Å². The number of benzene rings is 2. The molecule has 2 aromatic heterocycles. The third-order valence-electron chi connectivity index (χ3n) is 3.89. The van der Waals surface area contributed by atoms with E-state index in [1.807, 2.05) is 66.1 Å². The van der Waals surface area contributed by atoms with Gasteiger partial charge in [-0.3, -0.25) is 9.36 Å². The molecule has 0 fully saturated rings. The van der Waals surface area contributed by atoms with E-state index in [1.165, 1.54) is 0 Å². The fourth-order valence-corrected chi connectivity index (χ4v) is 4.02. The van der Waals surface area contributed by atoms with Crippen molar-refractivity contribution in [2.45, 2.75) is 0 Å². The molecule has 0 aliphatic rings. The SMILES string of the molecule is O=c1c2cc(I)ccc2nc(C=Cc2cccs2)n1-c1ccccc1Cl. The van der Waals surface area contributed by atoms with Crippen LogP contribution in [0, 0.1) is 3.57 Å². The van der Waals surface area contributed by atoms with Crippen molar-refractivity contribution in [3.8, 4) is 5.69 Å². The van der Waals surface area contributed by atoms with E-state index in [0.29, 0.717) is 27.4 Å². The van der Waals surface area contributed by atoms with Gasteiger partial charge in [0, 0.05) is 8.45 Å². The van der Waals surface area contributed by atoms with E-state index >= 15 is 0 Å². The Morgan fingerprint density at radius 3 is 2.69 bits per heavy atom. The summed E-state index contributed by atoms with van der Waals surface area (Å²) in [7, 11) is 0. The minimum atomic E-state index is -0.132. The predicted octanol–water partition coefficient (Wildman–Crippen LogP) is 5.88. The molecule has 0 aliphatic carbocycles. The number of thiophene rings is 1. The average Bonchev–Trinajstić information content (AvgIpc) is 3.15. The smallest absolute Gasteiger partial charge is 0.266 e. The van der Waals surface area contributed by atoms with Gasteiger partial charge in [-0.25, -0.2) is 4.98 Å². The van der Waals surface area contributed by atoms with Gasteiger partial charge in [0.15, 0.2) is 0 Å². The lowest BCUT2D eigenvalue weighted by Crippen LogP contribution is -2.22. The molecule has 0 saturated carbocycles. The van der Waals surface area contributed by atoms with Crippen LogP contribution in [-0.2, 0) is 0 Å². The molecule has 0 aliphatic heterocycles. The van der Waals surface area contributed by atoms with Crippen LogP contribution >= 0.6 is 45.5 Å². The third-order valence-corrected chi connectivity index (χ3v) is 5.72. The molecule has 4 aromatic rings. The first kappa shape index (κ1) is 17.5. The summed E-state index contributed by atoms with van der Waals surface area (Å²) in [5, 5.41) is 3.09. The Hall–Kier alpha value is -1.96. The van der Waals surface area contributed by atoms with Crippen LogP contribution in [-0.4, -0.2) is 9.55 Å². The predicted molar refractivity (Wildman–Crippen MR) is 118 cm³/mol. The van der Waals surface area contributed by atoms with E-state index in [-0.39, 0.29) is 5.56 Å². The summed E-state index contributed by atoms with van der Waals surface area (Å²) < 4.78 is 2.56. The lowest BCUT2D eigenvalue weighted by atomic mass is 10.2. The van der Waals surface area contributed by atoms with Crippen LogP contribution in [0.5, 0.6) is 0 Å². The Bertz CT molecular complexity index is 1180. The highest BCUT2D eigenvalue weighted by Gasteiger charge is 2.13. The summed E-state index contributed by atoms with van der Waals surface area (Å²) >= 11 is 10.2. The fraction of sp³-hybridized carbons (Fsp3) is 0. The Morgan fingerprint density at radius 2 is 1.92 bits per heavy atom. The molecule has 128 valence electrons. The topological polar surface area (TPSA) is 34.9 Å². The van der Waals surface area contributed by atoms with Crippen molar-refractivity contribution in [1.29, 1.82) is 0 Å². The lowest BCUT2D eigenvalue weighted by molar-refractivity contribution is 0.944. The van der Waals surface area contributed by atoms with E-state index in [9.17, 15) is 4.79 Å². The van der Waals surface area contributed by atoms with E-state index in [4.69, 9.17) is 16.6 Å². The second-order valence-corrected chi connectivity index (χ2v) is 8.20. The standard InChI is InChI=1S/C20H12ClIN2OS/c21-16-5-1-2-6-18(16)24-19(10-8-14-4-3-11-26-14)23-17-9-7-13(22)12-15(17)20(24)25/h1-12H. The second-order valence-electron chi connectivity index (χ2n) is 5.57. The van der Waals surface area contributed by atoms with Crippen LogP contribution in [0.2, 0.25) is 5.02 Å². The van der Waals surface area contributed by atoms with Crippen molar-refractivity contribution in [2.24, 2.45) is 0 Å². The molecule has 3 nitrogen and oxygen atoms in total. The van der Waals surface area contributed by atoms with E-state index in [0.717, 1.165) is 8.45 Å². The van der Waals surface area contributed by atoms with Gasteiger partial charge in [-0.1, -0.05) is 29.8 Å². The van der Waals surface area contributed by atoms with Gasteiger partial charge >= 0.3 is 0 Å². The minimum Gasteiger partial charge on any atom is -0.268 e. The highest BCUT2D eigenvalue weighted by Crippen LogP contribution is 2.23. The molecule has 2 aromatic carbocycles. The van der Waals surface area contributed by atoms with Gasteiger partial charge in [-0.05, 0) is 76.5 Å². The largest absolute Gasteiger partial charge is 0.268 e. The van der Waals surface area contributed by atoms with Crippen molar-refractivity contribution >= 4 is 68.6 Å². The van der Waals surface area contributed by atoms with E-state index in [2.05, 4.69) is 22.6 Å². The van der Waals surface area contributed by atoms with Crippen LogP contribution in [0.3, 0.4) is 0 Å².